The number of hydrogen-bond acceptors (Lipinski definition) is 6. The number of hydrogen-bond donors (Lipinski definition) is 1. The van der Waals surface area contributed by atoms with Gasteiger partial charge in [-0.25, -0.2) is 8.42 Å². The molecular formula is C18H21N3O4S. The maximum absolute atomic E-state index is 12.6. The van der Waals surface area contributed by atoms with E-state index in [-0.39, 0.29) is 10.6 Å². The lowest BCUT2D eigenvalue weighted by molar-refractivity contribution is 0.0730. The van der Waals surface area contributed by atoms with Gasteiger partial charge in [-0.2, -0.15) is 9.42 Å². The molecule has 1 fully saturated rings. The van der Waals surface area contributed by atoms with Gasteiger partial charge in [0.05, 0.1) is 23.8 Å². The summed E-state index contributed by atoms with van der Waals surface area (Å²) in [6, 6.07) is 11.4. The van der Waals surface area contributed by atoms with Gasteiger partial charge in [0.2, 0.25) is 10.0 Å². The first-order valence-electron chi connectivity index (χ1n) is 8.42. The molecule has 1 aliphatic rings. The van der Waals surface area contributed by atoms with E-state index in [2.05, 4.69) is 10.2 Å². The van der Waals surface area contributed by atoms with Gasteiger partial charge in [-0.15, -0.1) is 5.11 Å². The van der Waals surface area contributed by atoms with Crippen LogP contribution in [0.5, 0.6) is 5.75 Å². The summed E-state index contributed by atoms with van der Waals surface area (Å²) in [5.74, 6) is 0.0532. The van der Waals surface area contributed by atoms with Crippen molar-refractivity contribution in [2.75, 3.05) is 26.3 Å². The fourth-order valence-corrected chi connectivity index (χ4v) is 4.01. The van der Waals surface area contributed by atoms with Crippen molar-refractivity contribution in [1.29, 1.82) is 0 Å². The number of aromatic hydroxyl groups is 1. The highest BCUT2D eigenvalue weighted by Crippen LogP contribution is 2.29. The molecule has 0 bridgehead atoms. The summed E-state index contributed by atoms with van der Waals surface area (Å²) >= 11 is 0. The van der Waals surface area contributed by atoms with Gasteiger partial charge in [0, 0.05) is 13.1 Å². The highest BCUT2D eigenvalue weighted by atomic mass is 32.2. The second kappa shape index (κ2) is 7.94. The lowest BCUT2D eigenvalue weighted by Crippen LogP contribution is -2.40. The minimum Gasteiger partial charge on any atom is -0.506 e. The van der Waals surface area contributed by atoms with E-state index in [1.165, 1.54) is 16.4 Å². The number of morpholine rings is 1. The van der Waals surface area contributed by atoms with Crippen LogP contribution in [0.4, 0.5) is 11.4 Å². The second-order valence-electron chi connectivity index (χ2n) is 5.89. The largest absolute Gasteiger partial charge is 0.506 e. The molecule has 8 heteroatoms. The molecule has 0 aromatic heterocycles. The van der Waals surface area contributed by atoms with Gasteiger partial charge in [0.1, 0.15) is 11.4 Å². The molecule has 1 N–H and O–H groups in total. The number of benzene rings is 2. The lowest BCUT2D eigenvalue weighted by Gasteiger charge is -2.25. The van der Waals surface area contributed by atoms with E-state index in [9.17, 15) is 13.5 Å². The Balaban J connectivity index is 1.77. The maximum Gasteiger partial charge on any atom is 0.243 e. The van der Waals surface area contributed by atoms with Crippen LogP contribution in [0.2, 0.25) is 0 Å². The Labute approximate surface area is 153 Å². The zero-order valence-electron chi connectivity index (χ0n) is 14.5. The van der Waals surface area contributed by atoms with Crippen LogP contribution in [-0.2, 0) is 21.2 Å². The zero-order chi connectivity index (χ0) is 18.6. The number of rotatable bonds is 5. The van der Waals surface area contributed by atoms with Crippen molar-refractivity contribution in [2.45, 2.75) is 18.2 Å². The second-order valence-corrected chi connectivity index (χ2v) is 7.82. The Hall–Kier alpha value is -2.29. The summed E-state index contributed by atoms with van der Waals surface area (Å²) in [6.45, 7) is 3.55. The minimum atomic E-state index is -3.52. The predicted octanol–water partition coefficient (Wildman–Crippen LogP) is 3.39. The molecule has 0 aliphatic carbocycles. The standard InChI is InChI=1S/C18H21N3O4S/c1-2-14-3-8-18(22)17(13-14)20-19-15-4-6-16(7-5-15)26(23,24)21-9-11-25-12-10-21/h3-8,13,22H,2,9-12H2,1H3. The number of phenols is 1. The monoisotopic (exact) mass is 375 g/mol. The minimum absolute atomic E-state index is 0.0532. The highest BCUT2D eigenvalue weighted by molar-refractivity contribution is 7.89. The van der Waals surface area contributed by atoms with Crippen molar-refractivity contribution in [3.8, 4) is 5.75 Å². The van der Waals surface area contributed by atoms with Crippen LogP contribution in [0.15, 0.2) is 57.6 Å². The molecule has 0 atom stereocenters. The van der Waals surface area contributed by atoms with Gasteiger partial charge in [-0.05, 0) is 48.4 Å². The first-order chi connectivity index (χ1) is 12.5. The Morgan fingerprint density at radius 3 is 2.42 bits per heavy atom. The lowest BCUT2D eigenvalue weighted by atomic mass is 10.1. The molecule has 0 amide bonds. The molecule has 7 nitrogen and oxygen atoms in total. The fourth-order valence-electron chi connectivity index (χ4n) is 2.60. The molecule has 3 rings (SSSR count). The van der Waals surface area contributed by atoms with Crippen LogP contribution in [0.1, 0.15) is 12.5 Å². The molecule has 0 unspecified atom stereocenters. The van der Waals surface area contributed by atoms with Crippen molar-refractivity contribution < 1.29 is 18.3 Å². The number of nitrogens with zero attached hydrogens (tertiary/aromatic N) is 3. The smallest absolute Gasteiger partial charge is 0.243 e. The predicted molar refractivity (Wildman–Crippen MR) is 97.7 cm³/mol. The molecule has 26 heavy (non-hydrogen) atoms. The van der Waals surface area contributed by atoms with E-state index < -0.39 is 10.0 Å². The topological polar surface area (TPSA) is 91.6 Å². The van der Waals surface area contributed by atoms with Crippen molar-refractivity contribution in [1.82, 2.24) is 4.31 Å². The van der Waals surface area contributed by atoms with Gasteiger partial charge in [-0.1, -0.05) is 13.0 Å². The van der Waals surface area contributed by atoms with E-state index in [0.717, 1.165) is 12.0 Å². The quantitative estimate of drug-likeness (QED) is 0.811. The van der Waals surface area contributed by atoms with Crippen LogP contribution >= 0.6 is 0 Å². The normalized spacial score (nSPS) is 16.2. The van der Waals surface area contributed by atoms with E-state index in [4.69, 9.17) is 4.74 Å². The van der Waals surface area contributed by atoms with Gasteiger partial charge in [0.15, 0.2) is 0 Å². The third-order valence-electron chi connectivity index (χ3n) is 4.17. The maximum atomic E-state index is 12.6. The molecule has 1 aliphatic heterocycles. The molecule has 0 spiro atoms. The van der Waals surface area contributed by atoms with Gasteiger partial charge >= 0.3 is 0 Å². The summed E-state index contributed by atoms with van der Waals surface area (Å²) in [4.78, 5) is 0.217. The molecule has 1 saturated heterocycles. The molecule has 1 heterocycles. The van der Waals surface area contributed by atoms with E-state index in [0.29, 0.717) is 37.7 Å². The van der Waals surface area contributed by atoms with Crippen molar-refractivity contribution >= 4 is 21.4 Å². The number of azo groups is 1. The highest BCUT2D eigenvalue weighted by Gasteiger charge is 2.26. The first kappa shape index (κ1) is 18.5. The van der Waals surface area contributed by atoms with Crippen LogP contribution < -0.4 is 0 Å². The summed E-state index contributed by atoms with van der Waals surface area (Å²) in [7, 11) is -3.52. The molecule has 0 radical (unpaired) electrons. The van der Waals surface area contributed by atoms with Crippen LogP contribution in [0, 0.1) is 0 Å². The van der Waals surface area contributed by atoms with Gasteiger partial charge in [0.25, 0.3) is 0 Å². The van der Waals surface area contributed by atoms with E-state index in [1.807, 2.05) is 13.0 Å². The number of aryl methyl sites for hydroxylation is 1. The van der Waals surface area contributed by atoms with Gasteiger partial charge < -0.3 is 9.84 Å². The van der Waals surface area contributed by atoms with Gasteiger partial charge in [-0.3, -0.25) is 0 Å². The van der Waals surface area contributed by atoms with Crippen molar-refractivity contribution in [3.63, 3.8) is 0 Å². The molecule has 2 aromatic carbocycles. The third kappa shape index (κ3) is 4.09. The van der Waals surface area contributed by atoms with Crippen LogP contribution in [0.25, 0.3) is 0 Å². The molecule has 138 valence electrons. The van der Waals surface area contributed by atoms with E-state index >= 15 is 0 Å². The average molecular weight is 375 g/mol. The van der Waals surface area contributed by atoms with E-state index in [1.54, 1.807) is 24.3 Å². The number of phenolic OH excluding ortho intramolecular Hbond substituents is 1. The number of sulfonamides is 1. The third-order valence-corrected chi connectivity index (χ3v) is 6.08. The Bertz CT molecular complexity index is 889. The molecule has 2 aromatic rings. The molecular weight excluding hydrogens is 354 g/mol. The van der Waals surface area contributed by atoms with Crippen LogP contribution in [-0.4, -0.2) is 44.1 Å². The Morgan fingerprint density at radius 1 is 1.08 bits per heavy atom. The summed E-state index contributed by atoms with van der Waals surface area (Å²) in [6.07, 6.45) is 0.830. The Kier molecular flexibility index (Phi) is 5.65. The van der Waals surface area contributed by atoms with Crippen molar-refractivity contribution in [3.05, 3.63) is 48.0 Å². The summed E-state index contributed by atoms with van der Waals surface area (Å²) < 4.78 is 31.8. The fraction of sp³-hybridized carbons (Fsp3) is 0.333. The van der Waals surface area contributed by atoms with Crippen LogP contribution in [0.3, 0.4) is 0 Å². The summed E-state index contributed by atoms with van der Waals surface area (Å²) in [5, 5.41) is 18.0. The average Bonchev–Trinajstić information content (AvgIpc) is 2.68. The Morgan fingerprint density at radius 2 is 1.77 bits per heavy atom. The SMILES string of the molecule is CCc1ccc(O)c(N=Nc2ccc(S(=O)(=O)N3CCOCC3)cc2)c1. The summed E-state index contributed by atoms with van der Waals surface area (Å²) in [5.41, 5.74) is 1.94. The number of ether oxygens (including phenoxy) is 1. The van der Waals surface area contributed by atoms with Crippen molar-refractivity contribution in [2.24, 2.45) is 10.2 Å². The molecule has 0 saturated carbocycles. The zero-order valence-corrected chi connectivity index (χ0v) is 15.3. The first-order valence-corrected chi connectivity index (χ1v) is 9.86.